The molecule has 5 nitrogen and oxygen atoms in total. The Bertz CT molecular complexity index is 486. The van der Waals surface area contributed by atoms with Crippen molar-refractivity contribution in [2.24, 2.45) is 5.73 Å². The lowest BCUT2D eigenvalue weighted by Gasteiger charge is -2.03. The minimum absolute atomic E-state index is 0.368. The number of unbranched alkanes of at least 4 members (excludes halogenated alkanes) is 17. The van der Waals surface area contributed by atoms with Gasteiger partial charge < -0.3 is 5.73 Å². The molecule has 0 radical (unpaired) electrons. The number of hydrogen-bond donors (Lipinski definition) is 2. The molecule has 0 spiro atoms. The molecule has 0 rings (SSSR count). The highest BCUT2D eigenvalue weighted by Gasteiger charge is 1.96. The molecule has 0 heterocycles. The summed E-state index contributed by atoms with van der Waals surface area (Å²) < 4.78 is 27.3. The average molecular weight is 476 g/mol. The molecule has 0 bridgehead atoms. The first-order chi connectivity index (χ1) is 15.2. The first-order valence-electron chi connectivity index (χ1n) is 12.7. The highest BCUT2D eigenvalue weighted by molar-refractivity contribution is 7.85. The van der Waals surface area contributed by atoms with Crippen molar-refractivity contribution >= 4 is 16.0 Å². The summed E-state index contributed by atoms with van der Waals surface area (Å²) in [4.78, 5) is 9.47. The molecule has 1 amide bonds. The van der Waals surface area contributed by atoms with E-state index in [4.69, 9.17) is 4.55 Å². The molecule has 0 unspecified atom stereocenters. The van der Waals surface area contributed by atoms with Gasteiger partial charge in [-0.3, -0.25) is 9.35 Å². The molecule has 0 aromatic carbocycles. The molecular formula is C26H53NO4S. The van der Waals surface area contributed by atoms with Crippen LogP contribution in [0.4, 0.5) is 0 Å². The van der Waals surface area contributed by atoms with Crippen molar-refractivity contribution in [3.63, 3.8) is 0 Å². The zero-order valence-corrected chi connectivity index (χ0v) is 22.0. The standard InChI is InChI=1S/C20H42.C3H5NO.C3H6O3S/c1-3-5-7-9-11-13-15-17-19-20-18-16-14-12-10-8-6-4-2;1-2-3(4)5;1-2-3-7(4,5)6/h3-20H2,1-2H3;2H,1H2,(H2,4,5);2H,1,3H2,(H,4,5,6). The second-order valence-electron chi connectivity index (χ2n) is 8.30. The molecule has 0 atom stereocenters. The summed E-state index contributed by atoms with van der Waals surface area (Å²) in [6, 6.07) is 0. The number of rotatable bonds is 20. The van der Waals surface area contributed by atoms with E-state index in [9.17, 15) is 13.2 Å². The first-order valence-corrected chi connectivity index (χ1v) is 14.3. The molecule has 0 saturated heterocycles. The Morgan fingerprint density at radius 2 is 0.906 bits per heavy atom. The van der Waals surface area contributed by atoms with Crippen LogP contribution in [-0.4, -0.2) is 24.6 Å². The fourth-order valence-electron chi connectivity index (χ4n) is 3.12. The lowest BCUT2D eigenvalue weighted by molar-refractivity contribution is -0.113. The molecule has 192 valence electrons. The van der Waals surface area contributed by atoms with Crippen molar-refractivity contribution in [1.29, 1.82) is 0 Å². The van der Waals surface area contributed by atoms with Gasteiger partial charge in [0.15, 0.2) is 0 Å². The van der Waals surface area contributed by atoms with Gasteiger partial charge in [0.25, 0.3) is 10.1 Å². The zero-order valence-electron chi connectivity index (χ0n) is 21.2. The second-order valence-corrected chi connectivity index (χ2v) is 9.80. The van der Waals surface area contributed by atoms with Crippen LogP contribution in [0.25, 0.3) is 0 Å². The van der Waals surface area contributed by atoms with E-state index >= 15 is 0 Å². The van der Waals surface area contributed by atoms with Gasteiger partial charge >= 0.3 is 0 Å². The third-order valence-corrected chi connectivity index (χ3v) is 5.64. The maximum atomic E-state index is 9.72. The Balaban J connectivity index is -0.000000572. The van der Waals surface area contributed by atoms with Gasteiger partial charge in [-0.2, -0.15) is 8.42 Å². The van der Waals surface area contributed by atoms with Gasteiger partial charge in [0, 0.05) is 0 Å². The Morgan fingerprint density at radius 1 is 0.688 bits per heavy atom. The lowest BCUT2D eigenvalue weighted by Crippen LogP contribution is -2.04. The van der Waals surface area contributed by atoms with E-state index in [0.717, 1.165) is 12.2 Å². The van der Waals surface area contributed by atoms with E-state index in [2.05, 4.69) is 32.7 Å². The van der Waals surface area contributed by atoms with Gasteiger partial charge in [0.05, 0.1) is 5.75 Å². The molecule has 0 aromatic heterocycles. The molecule has 0 aliphatic heterocycles. The number of primary amides is 1. The zero-order chi connectivity index (χ0) is 24.9. The van der Waals surface area contributed by atoms with E-state index in [-0.39, 0.29) is 5.75 Å². The fourth-order valence-corrected chi connectivity index (χ4v) is 3.42. The lowest BCUT2D eigenvalue weighted by atomic mass is 10.0. The third kappa shape index (κ3) is 46.9. The topological polar surface area (TPSA) is 97.5 Å². The molecule has 0 aromatic rings. The van der Waals surface area contributed by atoms with Crippen LogP contribution in [-0.2, 0) is 14.9 Å². The Kier molecular flexibility index (Phi) is 33.1. The molecular weight excluding hydrogens is 422 g/mol. The minimum Gasteiger partial charge on any atom is -0.366 e. The van der Waals surface area contributed by atoms with Crippen LogP contribution in [0.15, 0.2) is 25.3 Å². The Labute approximate surface area is 200 Å². The Morgan fingerprint density at radius 3 is 1.00 bits per heavy atom. The van der Waals surface area contributed by atoms with Crippen molar-refractivity contribution in [3.8, 4) is 0 Å². The number of carbonyl (C=O) groups excluding carboxylic acids is 1. The van der Waals surface area contributed by atoms with Gasteiger partial charge in [0.2, 0.25) is 5.91 Å². The largest absolute Gasteiger partial charge is 0.366 e. The number of carbonyl (C=O) groups is 1. The van der Waals surface area contributed by atoms with Crippen LogP contribution in [0.5, 0.6) is 0 Å². The molecule has 3 N–H and O–H groups in total. The molecule has 6 heteroatoms. The number of nitrogens with two attached hydrogens (primary N) is 1. The average Bonchev–Trinajstić information content (AvgIpc) is 2.73. The van der Waals surface area contributed by atoms with Crippen molar-refractivity contribution < 1.29 is 17.8 Å². The normalized spacial score (nSPS) is 10.3. The van der Waals surface area contributed by atoms with Crippen molar-refractivity contribution in [2.45, 2.75) is 129 Å². The van der Waals surface area contributed by atoms with Gasteiger partial charge in [0.1, 0.15) is 0 Å². The van der Waals surface area contributed by atoms with Crippen molar-refractivity contribution in [1.82, 2.24) is 0 Å². The van der Waals surface area contributed by atoms with E-state index in [1.54, 1.807) is 0 Å². The van der Waals surface area contributed by atoms with Crippen molar-refractivity contribution in [2.75, 3.05) is 5.75 Å². The highest BCUT2D eigenvalue weighted by atomic mass is 32.2. The number of hydrogen-bond acceptors (Lipinski definition) is 3. The third-order valence-electron chi connectivity index (χ3n) is 4.99. The predicted octanol–water partition coefficient (Wildman–Crippen LogP) is 7.77. The van der Waals surface area contributed by atoms with E-state index in [1.165, 1.54) is 116 Å². The molecule has 0 aliphatic rings. The van der Waals surface area contributed by atoms with Gasteiger partial charge in [-0.05, 0) is 6.08 Å². The van der Waals surface area contributed by atoms with Crippen molar-refractivity contribution in [3.05, 3.63) is 25.3 Å². The molecule has 0 saturated carbocycles. The summed E-state index contributed by atoms with van der Waals surface area (Å²) in [7, 11) is -3.79. The summed E-state index contributed by atoms with van der Waals surface area (Å²) in [6.45, 7) is 10.8. The summed E-state index contributed by atoms with van der Waals surface area (Å²) in [5, 5.41) is 0. The quantitative estimate of drug-likeness (QED) is 0.0813. The summed E-state index contributed by atoms with van der Waals surface area (Å²) in [5.74, 6) is -0.850. The fraction of sp³-hybridized carbons (Fsp3) is 0.808. The maximum Gasteiger partial charge on any atom is 0.268 e. The van der Waals surface area contributed by atoms with E-state index in [0.29, 0.717) is 0 Å². The van der Waals surface area contributed by atoms with Gasteiger partial charge in [-0.25, -0.2) is 0 Å². The highest BCUT2D eigenvalue weighted by Crippen LogP contribution is 2.14. The summed E-state index contributed by atoms with van der Waals surface area (Å²) in [6.07, 6.45) is 28.6. The molecule has 0 fully saturated rings. The first kappa shape index (κ1) is 35.4. The second kappa shape index (κ2) is 29.9. The predicted molar refractivity (Wildman–Crippen MR) is 140 cm³/mol. The monoisotopic (exact) mass is 475 g/mol. The Hall–Kier alpha value is -1.14. The summed E-state index contributed by atoms with van der Waals surface area (Å²) >= 11 is 0. The number of amides is 1. The van der Waals surface area contributed by atoms with Crippen LogP contribution >= 0.6 is 0 Å². The minimum atomic E-state index is -3.79. The van der Waals surface area contributed by atoms with E-state index < -0.39 is 16.0 Å². The SMILES string of the molecule is C=CC(N)=O.C=CCS(=O)(=O)O.CCCCCCCCCCCCCCCCCCCC. The van der Waals surface area contributed by atoms with Gasteiger partial charge in [-0.1, -0.05) is 142 Å². The maximum absolute atomic E-state index is 9.72. The smallest absolute Gasteiger partial charge is 0.268 e. The van der Waals surface area contributed by atoms with Crippen LogP contribution in [0.2, 0.25) is 0 Å². The van der Waals surface area contributed by atoms with Crippen LogP contribution < -0.4 is 5.73 Å². The van der Waals surface area contributed by atoms with Crippen LogP contribution in [0, 0.1) is 0 Å². The molecule has 0 aliphatic carbocycles. The van der Waals surface area contributed by atoms with Crippen LogP contribution in [0.1, 0.15) is 129 Å². The summed E-state index contributed by atoms with van der Waals surface area (Å²) in [5.41, 5.74) is 4.53. The van der Waals surface area contributed by atoms with E-state index in [1.807, 2.05) is 0 Å². The molecule has 32 heavy (non-hydrogen) atoms. The van der Waals surface area contributed by atoms with Crippen LogP contribution in [0.3, 0.4) is 0 Å². The van der Waals surface area contributed by atoms with Gasteiger partial charge in [-0.15, -0.1) is 6.58 Å².